The van der Waals surface area contributed by atoms with Crippen molar-refractivity contribution in [3.05, 3.63) is 24.3 Å². The van der Waals surface area contributed by atoms with Crippen molar-refractivity contribution in [3.63, 3.8) is 0 Å². The third-order valence-electron chi connectivity index (χ3n) is 2.41. The lowest BCUT2D eigenvalue weighted by Crippen LogP contribution is -2.35. The van der Waals surface area contributed by atoms with Crippen LogP contribution in [0.25, 0.3) is 0 Å². The van der Waals surface area contributed by atoms with Crippen molar-refractivity contribution in [2.45, 2.75) is 25.8 Å². The summed E-state index contributed by atoms with van der Waals surface area (Å²) in [6.45, 7) is 1.76. The molecular formula is C14H17N3O2. The molecule has 0 saturated heterocycles. The normalized spacial score (nSPS) is 11.2. The number of carbonyl (C=O) groups excluding carboxylic acids is 2. The zero-order valence-corrected chi connectivity index (χ0v) is 10.8. The van der Waals surface area contributed by atoms with Crippen molar-refractivity contribution in [1.82, 2.24) is 0 Å². The monoisotopic (exact) mass is 259 g/mol. The number of nitrogens with two attached hydrogens (primary N) is 1. The third-order valence-corrected chi connectivity index (χ3v) is 2.41. The van der Waals surface area contributed by atoms with Crippen LogP contribution in [0.1, 0.15) is 19.8 Å². The Labute approximate surface area is 112 Å². The molecule has 4 N–H and O–H groups in total. The second-order valence-electron chi connectivity index (χ2n) is 3.99. The van der Waals surface area contributed by atoms with Gasteiger partial charge in [0.2, 0.25) is 11.8 Å². The second-order valence-corrected chi connectivity index (χ2v) is 3.99. The van der Waals surface area contributed by atoms with Crippen LogP contribution in [0.2, 0.25) is 0 Å². The standard InChI is InChI=1S/C14H17N3O2/c1-3-6-12(15)14(19)17-11-8-5-7-10(9-11)16-13(18)4-2/h1,5,7-9,12H,4,6,15H2,2H3,(H,16,18)(H,17,19). The lowest BCUT2D eigenvalue weighted by molar-refractivity contribution is -0.117. The van der Waals surface area contributed by atoms with Gasteiger partial charge in [-0.2, -0.15) is 0 Å². The molecule has 0 aromatic heterocycles. The molecule has 0 spiro atoms. The number of terminal acetylenes is 1. The second kappa shape index (κ2) is 7.19. The van der Waals surface area contributed by atoms with Crippen LogP contribution < -0.4 is 16.4 Å². The largest absolute Gasteiger partial charge is 0.326 e. The fourth-order valence-electron chi connectivity index (χ4n) is 1.38. The van der Waals surface area contributed by atoms with Gasteiger partial charge in [-0.25, -0.2) is 0 Å². The summed E-state index contributed by atoms with van der Waals surface area (Å²) >= 11 is 0. The summed E-state index contributed by atoms with van der Waals surface area (Å²) in [5.41, 5.74) is 6.77. The van der Waals surface area contributed by atoms with Crippen molar-refractivity contribution in [2.24, 2.45) is 5.73 Å². The minimum atomic E-state index is -0.737. The van der Waals surface area contributed by atoms with E-state index in [-0.39, 0.29) is 18.2 Å². The minimum Gasteiger partial charge on any atom is -0.326 e. The Kier molecular flexibility index (Phi) is 5.58. The first kappa shape index (κ1) is 14.7. The Balaban J connectivity index is 2.69. The third kappa shape index (κ3) is 4.82. The number of amides is 2. The maximum Gasteiger partial charge on any atom is 0.242 e. The van der Waals surface area contributed by atoms with Crippen molar-refractivity contribution >= 4 is 23.2 Å². The number of benzene rings is 1. The Bertz CT molecular complexity index is 506. The summed E-state index contributed by atoms with van der Waals surface area (Å²) in [6.07, 6.45) is 5.67. The van der Waals surface area contributed by atoms with Gasteiger partial charge in [0.05, 0.1) is 6.04 Å². The molecule has 5 heteroatoms. The van der Waals surface area contributed by atoms with Crippen LogP contribution in [0.15, 0.2) is 24.3 Å². The minimum absolute atomic E-state index is 0.0903. The van der Waals surface area contributed by atoms with Crippen molar-refractivity contribution in [2.75, 3.05) is 10.6 Å². The molecule has 0 aliphatic carbocycles. The van der Waals surface area contributed by atoms with Gasteiger partial charge in [-0.1, -0.05) is 13.0 Å². The zero-order valence-electron chi connectivity index (χ0n) is 10.8. The van der Waals surface area contributed by atoms with Crippen LogP contribution in [0.3, 0.4) is 0 Å². The fourth-order valence-corrected chi connectivity index (χ4v) is 1.38. The van der Waals surface area contributed by atoms with Gasteiger partial charge in [0.15, 0.2) is 0 Å². The van der Waals surface area contributed by atoms with Crippen LogP contribution in [-0.2, 0) is 9.59 Å². The van der Waals surface area contributed by atoms with Crippen molar-refractivity contribution in [1.29, 1.82) is 0 Å². The van der Waals surface area contributed by atoms with Crippen LogP contribution >= 0.6 is 0 Å². The molecule has 0 saturated carbocycles. The molecular weight excluding hydrogens is 242 g/mol. The van der Waals surface area contributed by atoms with Gasteiger partial charge < -0.3 is 16.4 Å². The molecule has 19 heavy (non-hydrogen) atoms. The Morgan fingerprint density at radius 1 is 1.37 bits per heavy atom. The lowest BCUT2D eigenvalue weighted by atomic mass is 10.2. The Morgan fingerprint density at radius 3 is 2.58 bits per heavy atom. The number of nitrogens with one attached hydrogen (secondary N) is 2. The molecule has 0 fully saturated rings. The number of hydrogen-bond acceptors (Lipinski definition) is 3. The first-order chi connectivity index (χ1) is 9.06. The van der Waals surface area contributed by atoms with E-state index in [0.29, 0.717) is 17.8 Å². The van der Waals surface area contributed by atoms with Crippen LogP contribution in [0, 0.1) is 12.3 Å². The highest BCUT2D eigenvalue weighted by Crippen LogP contribution is 2.15. The number of rotatable bonds is 5. The first-order valence-corrected chi connectivity index (χ1v) is 5.96. The highest BCUT2D eigenvalue weighted by molar-refractivity contribution is 5.96. The maximum absolute atomic E-state index is 11.7. The predicted octanol–water partition coefficient (Wildman–Crippen LogP) is 1.32. The van der Waals surface area contributed by atoms with Gasteiger partial charge in [-0.05, 0) is 18.2 Å². The average molecular weight is 259 g/mol. The van der Waals surface area contributed by atoms with Gasteiger partial charge in [-0.3, -0.25) is 9.59 Å². The summed E-state index contributed by atoms with van der Waals surface area (Å²) in [6, 6.07) is 6.10. The fraction of sp³-hybridized carbons (Fsp3) is 0.286. The first-order valence-electron chi connectivity index (χ1n) is 5.96. The summed E-state index contributed by atoms with van der Waals surface area (Å²) in [5, 5.41) is 5.35. The summed E-state index contributed by atoms with van der Waals surface area (Å²) in [5.74, 6) is 1.90. The zero-order chi connectivity index (χ0) is 14.3. The molecule has 5 nitrogen and oxygen atoms in total. The molecule has 1 unspecified atom stereocenters. The summed E-state index contributed by atoms with van der Waals surface area (Å²) in [4.78, 5) is 22.9. The molecule has 1 atom stereocenters. The van der Waals surface area contributed by atoms with Crippen LogP contribution in [0.4, 0.5) is 11.4 Å². The molecule has 2 amide bonds. The molecule has 1 aromatic rings. The topological polar surface area (TPSA) is 84.2 Å². The highest BCUT2D eigenvalue weighted by atomic mass is 16.2. The number of anilines is 2. The van der Waals surface area contributed by atoms with Crippen LogP contribution in [0.5, 0.6) is 0 Å². The van der Waals surface area contributed by atoms with Crippen LogP contribution in [-0.4, -0.2) is 17.9 Å². The smallest absolute Gasteiger partial charge is 0.242 e. The maximum atomic E-state index is 11.7. The molecule has 0 aliphatic heterocycles. The molecule has 100 valence electrons. The molecule has 0 radical (unpaired) electrons. The molecule has 1 aromatic carbocycles. The Hall–Kier alpha value is -2.32. The molecule has 0 aliphatic rings. The van der Waals surface area contributed by atoms with Gasteiger partial charge in [0, 0.05) is 24.2 Å². The van der Waals surface area contributed by atoms with Gasteiger partial charge >= 0.3 is 0 Å². The van der Waals surface area contributed by atoms with E-state index in [1.165, 1.54) is 0 Å². The highest BCUT2D eigenvalue weighted by Gasteiger charge is 2.12. The van der Waals surface area contributed by atoms with E-state index < -0.39 is 6.04 Å². The SMILES string of the molecule is C#CCC(N)C(=O)Nc1cccc(NC(=O)CC)c1. The molecule has 0 heterocycles. The van der Waals surface area contributed by atoms with E-state index in [1.54, 1.807) is 31.2 Å². The predicted molar refractivity (Wildman–Crippen MR) is 75.4 cm³/mol. The quantitative estimate of drug-likeness (QED) is 0.697. The number of hydrogen-bond donors (Lipinski definition) is 3. The average Bonchev–Trinajstić information content (AvgIpc) is 2.39. The van der Waals surface area contributed by atoms with Crippen molar-refractivity contribution < 1.29 is 9.59 Å². The van der Waals surface area contributed by atoms with Gasteiger partial charge in [0.25, 0.3) is 0 Å². The van der Waals surface area contributed by atoms with Gasteiger partial charge in [-0.15, -0.1) is 12.3 Å². The molecule has 1 rings (SSSR count). The summed E-state index contributed by atoms with van der Waals surface area (Å²) < 4.78 is 0. The Morgan fingerprint density at radius 2 is 2.00 bits per heavy atom. The van der Waals surface area contributed by atoms with Gasteiger partial charge in [0.1, 0.15) is 0 Å². The number of carbonyl (C=O) groups is 2. The van der Waals surface area contributed by atoms with E-state index >= 15 is 0 Å². The molecule has 0 bridgehead atoms. The van der Waals surface area contributed by atoms with E-state index in [1.807, 2.05) is 0 Å². The van der Waals surface area contributed by atoms with E-state index in [2.05, 4.69) is 16.6 Å². The van der Waals surface area contributed by atoms with E-state index in [0.717, 1.165) is 0 Å². The van der Waals surface area contributed by atoms with E-state index in [9.17, 15) is 9.59 Å². The van der Waals surface area contributed by atoms with Crippen molar-refractivity contribution in [3.8, 4) is 12.3 Å². The van der Waals surface area contributed by atoms with E-state index in [4.69, 9.17) is 12.2 Å². The lowest BCUT2D eigenvalue weighted by Gasteiger charge is -2.11. The summed E-state index contributed by atoms with van der Waals surface area (Å²) in [7, 11) is 0.